The van der Waals surface area contributed by atoms with Gasteiger partial charge in [0.1, 0.15) is 16.9 Å². The van der Waals surface area contributed by atoms with Crippen LogP contribution in [-0.4, -0.2) is 31.3 Å². The Bertz CT molecular complexity index is 418. The Labute approximate surface area is 97.9 Å². The maximum atomic E-state index is 11.4. The predicted octanol–water partition coefficient (Wildman–Crippen LogP) is 0.424. The fraction of sp³-hybridized carbons (Fsp3) is 0.273. The molecule has 0 saturated heterocycles. The lowest BCUT2D eigenvalue weighted by Crippen LogP contribution is -2.10. The molecule has 1 aromatic rings. The molecule has 1 rings (SSSR count). The monoisotopic (exact) mass is 239 g/mol. The number of rotatable bonds is 3. The second kappa shape index (κ2) is 5.31. The molecule has 1 aromatic carbocycles. The molecule has 0 fully saturated rings. The van der Waals surface area contributed by atoms with E-state index in [2.05, 4.69) is 9.47 Å². The van der Waals surface area contributed by atoms with Crippen molar-refractivity contribution in [3.8, 4) is 5.75 Å². The van der Waals surface area contributed by atoms with Crippen LogP contribution in [0.15, 0.2) is 12.1 Å². The van der Waals surface area contributed by atoms with E-state index in [1.165, 1.54) is 26.4 Å². The van der Waals surface area contributed by atoms with Crippen LogP contribution < -0.4 is 5.73 Å². The van der Waals surface area contributed by atoms with Crippen molar-refractivity contribution in [1.29, 1.82) is 0 Å². The van der Waals surface area contributed by atoms with E-state index in [9.17, 15) is 14.7 Å². The lowest BCUT2D eigenvalue weighted by Gasteiger charge is -2.09. The minimum Gasteiger partial charge on any atom is -0.506 e. The van der Waals surface area contributed by atoms with Crippen molar-refractivity contribution in [1.82, 2.24) is 0 Å². The van der Waals surface area contributed by atoms with Gasteiger partial charge in [0.25, 0.3) is 0 Å². The van der Waals surface area contributed by atoms with Gasteiger partial charge in [0.05, 0.1) is 14.2 Å². The van der Waals surface area contributed by atoms with Gasteiger partial charge in [-0.1, -0.05) is 0 Å². The molecule has 0 aliphatic rings. The summed E-state index contributed by atoms with van der Waals surface area (Å²) in [5.74, 6) is -1.97. The molecular weight excluding hydrogens is 226 g/mol. The van der Waals surface area contributed by atoms with E-state index in [1.54, 1.807) is 0 Å². The van der Waals surface area contributed by atoms with Crippen LogP contribution in [0, 0.1) is 0 Å². The number of phenolic OH excluding ortho intramolecular Hbond substituents is 1. The summed E-state index contributed by atoms with van der Waals surface area (Å²) in [5, 5.41) is 9.77. The molecule has 0 aliphatic carbocycles. The first-order valence-corrected chi connectivity index (χ1v) is 4.77. The average Bonchev–Trinajstić information content (AvgIpc) is 2.37. The van der Waals surface area contributed by atoms with Gasteiger partial charge in [-0.05, 0) is 17.7 Å². The Morgan fingerprint density at radius 3 is 1.88 bits per heavy atom. The number of nitrogens with two attached hydrogens (primary N) is 1. The summed E-state index contributed by atoms with van der Waals surface area (Å²) >= 11 is 0. The summed E-state index contributed by atoms with van der Waals surface area (Å²) in [4.78, 5) is 22.8. The average molecular weight is 239 g/mol. The van der Waals surface area contributed by atoms with Crippen LogP contribution in [0.3, 0.4) is 0 Å². The topological polar surface area (TPSA) is 98.9 Å². The molecule has 0 spiro atoms. The quantitative estimate of drug-likeness (QED) is 0.742. The number of hydrogen-bond donors (Lipinski definition) is 2. The lowest BCUT2D eigenvalue weighted by molar-refractivity contribution is 0.0592. The first-order valence-electron chi connectivity index (χ1n) is 4.77. The van der Waals surface area contributed by atoms with Crippen molar-refractivity contribution in [3.05, 3.63) is 28.8 Å². The van der Waals surface area contributed by atoms with Crippen molar-refractivity contribution in [2.75, 3.05) is 14.2 Å². The lowest BCUT2D eigenvalue weighted by atomic mass is 10.0. The summed E-state index contributed by atoms with van der Waals surface area (Å²) < 4.78 is 8.99. The van der Waals surface area contributed by atoms with Crippen LogP contribution in [0.1, 0.15) is 26.3 Å². The van der Waals surface area contributed by atoms with Gasteiger partial charge < -0.3 is 20.3 Å². The Hall–Kier alpha value is -2.08. The number of phenols is 1. The molecule has 0 atom stereocenters. The molecule has 0 aliphatic heterocycles. The van der Waals surface area contributed by atoms with Gasteiger partial charge in [0.15, 0.2) is 0 Å². The number of benzene rings is 1. The summed E-state index contributed by atoms with van der Waals surface area (Å²) in [6.07, 6.45) is 0. The van der Waals surface area contributed by atoms with E-state index < -0.39 is 17.7 Å². The zero-order valence-corrected chi connectivity index (χ0v) is 9.52. The summed E-state index contributed by atoms with van der Waals surface area (Å²) in [7, 11) is 2.35. The number of ether oxygens (including phenoxy) is 2. The van der Waals surface area contributed by atoms with E-state index in [0.29, 0.717) is 5.56 Å². The highest BCUT2D eigenvalue weighted by atomic mass is 16.5. The van der Waals surface area contributed by atoms with Crippen molar-refractivity contribution < 1.29 is 24.2 Å². The van der Waals surface area contributed by atoms with Crippen LogP contribution >= 0.6 is 0 Å². The Kier molecular flexibility index (Phi) is 4.06. The van der Waals surface area contributed by atoms with Gasteiger partial charge in [-0.15, -0.1) is 0 Å². The number of esters is 2. The van der Waals surface area contributed by atoms with Crippen LogP contribution in [-0.2, 0) is 16.0 Å². The number of aromatic hydroxyl groups is 1. The zero-order chi connectivity index (χ0) is 13.0. The second-order valence-corrected chi connectivity index (χ2v) is 3.23. The van der Waals surface area contributed by atoms with Gasteiger partial charge in [0.2, 0.25) is 0 Å². The van der Waals surface area contributed by atoms with Crippen molar-refractivity contribution in [3.63, 3.8) is 0 Å². The molecule has 0 bridgehead atoms. The van der Waals surface area contributed by atoms with Gasteiger partial charge in [-0.2, -0.15) is 0 Å². The summed E-state index contributed by atoms with van der Waals surface area (Å²) in [5.41, 5.74) is 5.72. The van der Waals surface area contributed by atoms with Crippen molar-refractivity contribution in [2.24, 2.45) is 5.73 Å². The predicted molar refractivity (Wildman–Crippen MR) is 58.7 cm³/mol. The van der Waals surface area contributed by atoms with E-state index in [-0.39, 0.29) is 17.7 Å². The Morgan fingerprint density at radius 1 is 1.18 bits per heavy atom. The third-order valence-electron chi connectivity index (χ3n) is 2.22. The molecule has 6 heteroatoms. The number of carbonyl (C=O) groups is 2. The fourth-order valence-corrected chi connectivity index (χ4v) is 1.34. The molecule has 3 N–H and O–H groups in total. The van der Waals surface area contributed by atoms with Crippen molar-refractivity contribution >= 4 is 11.9 Å². The smallest absolute Gasteiger partial charge is 0.341 e. The van der Waals surface area contributed by atoms with Gasteiger partial charge in [-0.25, -0.2) is 9.59 Å². The van der Waals surface area contributed by atoms with Gasteiger partial charge >= 0.3 is 11.9 Å². The number of methoxy groups -OCH3 is 2. The molecule has 0 saturated carbocycles. The van der Waals surface area contributed by atoms with Gasteiger partial charge in [0, 0.05) is 6.54 Å². The largest absolute Gasteiger partial charge is 0.506 e. The zero-order valence-electron chi connectivity index (χ0n) is 9.52. The first-order chi connectivity index (χ1) is 8.04. The molecule has 6 nitrogen and oxygen atoms in total. The van der Waals surface area contributed by atoms with E-state index in [0.717, 1.165) is 0 Å². The van der Waals surface area contributed by atoms with E-state index in [4.69, 9.17) is 5.73 Å². The van der Waals surface area contributed by atoms with E-state index >= 15 is 0 Å². The number of hydrogen-bond acceptors (Lipinski definition) is 6. The van der Waals surface area contributed by atoms with Crippen LogP contribution in [0.5, 0.6) is 5.75 Å². The third-order valence-corrected chi connectivity index (χ3v) is 2.22. The minimum absolute atomic E-state index is 0.115. The van der Waals surface area contributed by atoms with E-state index in [1.807, 2.05) is 0 Å². The van der Waals surface area contributed by atoms with Crippen LogP contribution in [0.4, 0.5) is 0 Å². The SMILES string of the molecule is COC(=O)c1cc(CN)cc(C(=O)OC)c1O. The molecule has 0 radical (unpaired) electrons. The van der Waals surface area contributed by atoms with Crippen LogP contribution in [0.2, 0.25) is 0 Å². The molecule has 0 unspecified atom stereocenters. The minimum atomic E-state index is -0.747. The molecule has 0 heterocycles. The highest BCUT2D eigenvalue weighted by Crippen LogP contribution is 2.26. The normalized spacial score (nSPS) is 9.82. The Balaban J connectivity index is 3.40. The first kappa shape index (κ1) is 13.0. The van der Waals surface area contributed by atoms with Crippen LogP contribution in [0.25, 0.3) is 0 Å². The Morgan fingerprint density at radius 2 is 1.59 bits per heavy atom. The summed E-state index contributed by atoms with van der Waals surface area (Å²) in [6.45, 7) is 0.119. The maximum absolute atomic E-state index is 11.4. The second-order valence-electron chi connectivity index (χ2n) is 3.23. The number of carbonyl (C=O) groups excluding carboxylic acids is 2. The highest BCUT2D eigenvalue weighted by Gasteiger charge is 2.21. The van der Waals surface area contributed by atoms with Crippen molar-refractivity contribution in [2.45, 2.75) is 6.54 Å². The fourth-order valence-electron chi connectivity index (χ4n) is 1.34. The molecular formula is C11H13NO5. The molecule has 0 aromatic heterocycles. The molecule has 92 valence electrons. The third kappa shape index (κ3) is 2.54. The standard InChI is InChI=1S/C11H13NO5/c1-16-10(14)7-3-6(5-12)4-8(9(7)13)11(15)17-2/h3-4,13H,5,12H2,1-2H3. The summed E-state index contributed by atoms with van der Waals surface area (Å²) in [6, 6.07) is 2.74. The molecule has 17 heavy (non-hydrogen) atoms. The maximum Gasteiger partial charge on any atom is 0.341 e. The highest BCUT2D eigenvalue weighted by molar-refractivity contribution is 6.00. The molecule has 0 amide bonds. The van der Waals surface area contributed by atoms with Gasteiger partial charge in [-0.3, -0.25) is 0 Å².